The zero-order valence-corrected chi connectivity index (χ0v) is 10.5. The van der Waals surface area contributed by atoms with Gasteiger partial charge in [0.25, 0.3) is 0 Å². The van der Waals surface area contributed by atoms with Gasteiger partial charge in [0, 0.05) is 31.7 Å². The molecule has 0 amide bonds. The van der Waals surface area contributed by atoms with Crippen LogP contribution in [0, 0.1) is 0 Å². The maximum absolute atomic E-state index is 9.94. The van der Waals surface area contributed by atoms with Crippen molar-refractivity contribution in [3.8, 4) is 0 Å². The van der Waals surface area contributed by atoms with Gasteiger partial charge in [0.1, 0.15) is 6.10 Å². The Labute approximate surface area is 106 Å². The standard InChI is InChI=1S/C14H17NO3/c1-17-14(18-2)13(16)9-11-8-7-10-5-3-4-6-12(10)15-11/h3-8,13-14,16H,9H2,1-2H3. The summed E-state index contributed by atoms with van der Waals surface area (Å²) in [7, 11) is 3.01. The van der Waals surface area contributed by atoms with Gasteiger partial charge in [-0.15, -0.1) is 0 Å². The third-order valence-electron chi connectivity index (χ3n) is 2.85. The molecule has 2 rings (SSSR count). The lowest BCUT2D eigenvalue weighted by Crippen LogP contribution is -2.31. The van der Waals surface area contributed by atoms with E-state index in [0.717, 1.165) is 16.6 Å². The highest BCUT2D eigenvalue weighted by Gasteiger charge is 2.18. The molecule has 1 heterocycles. The predicted octanol–water partition coefficient (Wildman–Crippen LogP) is 1.76. The van der Waals surface area contributed by atoms with Crippen LogP contribution in [0.15, 0.2) is 36.4 Å². The molecule has 96 valence electrons. The summed E-state index contributed by atoms with van der Waals surface area (Å²) in [6, 6.07) is 11.8. The summed E-state index contributed by atoms with van der Waals surface area (Å²) in [5.41, 5.74) is 1.74. The maximum atomic E-state index is 9.94. The number of aromatic nitrogens is 1. The zero-order chi connectivity index (χ0) is 13.0. The molecule has 1 atom stereocenters. The molecule has 0 radical (unpaired) electrons. The van der Waals surface area contributed by atoms with Crippen molar-refractivity contribution >= 4 is 10.9 Å². The molecule has 1 aromatic heterocycles. The third-order valence-corrected chi connectivity index (χ3v) is 2.85. The first-order valence-corrected chi connectivity index (χ1v) is 5.83. The molecule has 1 N–H and O–H groups in total. The second kappa shape index (κ2) is 5.91. The molecule has 1 unspecified atom stereocenters. The van der Waals surface area contributed by atoms with Crippen molar-refractivity contribution < 1.29 is 14.6 Å². The number of ether oxygens (including phenoxy) is 2. The number of methoxy groups -OCH3 is 2. The number of rotatable bonds is 5. The van der Waals surface area contributed by atoms with E-state index >= 15 is 0 Å². The number of aliphatic hydroxyl groups is 1. The fraction of sp³-hybridized carbons (Fsp3) is 0.357. The molecular weight excluding hydrogens is 230 g/mol. The van der Waals surface area contributed by atoms with Crippen molar-refractivity contribution in [3.63, 3.8) is 0 Å². The fourth-order valence-electron chi connectivity index (χ4n) is 1.94. The van der Waals surface area contributed by atoms with Gasteiger partial charge in [-0.3, -0.25) is 4.98 Å². The lowest BCUT2D eigenvalue weighted by atomic mass is 10.1. The van der Waals surface area contributed by atoms with Crippen LogP contribution in [0.3, 0.4) is 0 Å². The Bertz CT molecular complexity index is 511. The zero-order valence-electron chi connectivity index (χ0n) is 10.5. The lowest BCUT2D eigenvalue weighted by Gasteiger charge is -2.19. The Hall–Kier alpha value is -1.49. The van der Waals surface area contributed by atoms with Gasteiger partial charge in [-0.05, 0) is 12.1 Å². The van der Waals surface area contributed by atoms with Crippen molar-refractivity contribution in [2.45, 2.75) is 18.8 Å². The quantitative estimate of drug-likeness (QED) is 0.818. The Morgan fingerprint density at radius 2 is 1.83 bits per heavy atom. The summed E-state index contributed by atoms with van der Waals surface area (Å²) in [6.45, 7) is 0. The Balaban J connectivity index is 2.16. The van der Waals surface area contributed by atoms with Gasteiger partial charge in [-0.2, -0.15) is 0 Å². The first-order chi connectivity index (χ1) is 8.74. The van der Waals surface area contributed by atoms with Gasteiger partial charge < -0.3 is 14.6 Å². The van der Waals surface area contributed by atoms with E-state index in [0.29, 0.717) is 6.42 Å². The highest BCUT2D eigenvalue weighted by atomic mass is 16.7. The van der Waals surface area contributed by atoms with Gasteiger partial charge in [0.15, 0.2) is 6.29 Å². The minimum Gasteiger partial charge on any atom is -0.387 e. The van der Waals surface area contributed by atoms with Crippen LogP contribution < -0.4 is 0 Å². The van der Waals surface area contributed by atoms with E-state index < -0.39 is 12.4 Å². The molecule has 0 aliphatic heterocycles. The second-order valence-corrected chi connectivity index (χ2v) is 4.11. The van der Waals surface area contributed by atoms with Crippen molar-refractivity contribution in [2.24, 2.45) is 0 Å². The third kappa shape index (κ3) is 2.85. The van der Waals surface area contributed by atoms with Crippen molar-refractivity contribution in [3.05, 3.63) is 42.1 Å². The van der Waals surface area contributed by atoms with Crippen LogP contribution in [0.1, 0.15) is 5.69 Å². The number of aliphatic hydroxyl groups excluding tert-OH is 1. The molecule has 0 fully saturated rings. The molecule has 1 aromatic carbocycles. The Morgan fingerprint density at radius 1 is 1.11 bits per heavy atom. The van der Waals surface area contributed by atoms with Gasteiger partial charge in [0.05, 0.1) is 5.52 Å². The van der Waals surface area contributed by atoms with Crippen LogP contribution in [-0.4, -0.2) is 36.7 Å². The molecular formula is C14H17NO3. The summed E-state index contributed by atoms with van der Waals surface area (Å²) in [6.07, 6.45) is -0.955. The summed E-state index contributed by atoms with van der Waals surface area (Å²) < 4.78 is 10.0. The van der Waals surface area contributed by atoms with Gasteiger partial charge >= 0.3 is 0 Å². The number of fused-ring (bicyclic) bond motifs is 1. The molecule has 0 saturated heterocycles. The first-order valence-electron chi connectivity index (χ1n) is 5.83. The van der Waals surface area contributed by atoms with E-state index in [4.69, 9.17) is 9.47 Å². The highest BCUT2D eigenvalue weighted by molar-refractivity contribution is 5.78. The summed E-state index contributed by atoms with van der Waals surface area (Å²) in [5.74, 6) is 0. The van der Waals surface area contributed by atoms with E-state index in [1.165, 1.54) is 14.2 Å². The fourth-order valence-corrected chi connectivity index (χ4v) is 1.94. The SMILES string of the molecule is COC(OC)C(O)Cc1ccc2ccccc2n1. The van der Waals surface area contributed by atoms with Crippen LogP contribution in [0.4, 0.5) is 0 Å². The van der Waals surface area contributed by atoms with E-state index in [2.05, 4.69) is 4.98 Å². The van der Waals surface area contributed by atoms with Crippen LogP contribution in [0.2, 0.25) is 0 Å². The molecule has 18 heavy (non-hydrogen) atoms. The second-order valence-electron chi connectivity index (χ2n) is 4.11. The van der Waals surface area contributed by atoms with E-state index in [1.807, 2.05) is 36.4 Å². The molecule has 0 bridgehead atoms. The molecule has 4 heteroatoms. The minimum absolute atomic E-state index is 0.400. The molecule has 0 saturated carbocycles. The van der Waals surface area contributed by atoms with E-state index in [1.54, 1.807) is 0 Å². The van der Waals surface area contributed by atoms with Crippen LogP contribution in [-0.2, 0) is 15.9 Å². The van der Waals surface area contributed by atoms with Gasteiger partial charge in [-0.25, -0.2) is 0 Å². The monoisotopic (exact) mass is 247 g/mol. The minimum atomic E-state index is -0.728. The molecule has 2 aromatic rings. The number of benzene rings is 1. The maximum Gasteiger partial charge on any atom is 0.183 e. The Morgan fingerprint density at radius 3 is 2.56 bits per heavy atom. The largest absolute Gasteiger partial charge is 0.387 e. The average Bonchev–Trinajstić information content (AvgIpc) is 2.40. The molecule has 0 aliphatic rings. The normalized spacial score (nSPS) is 13.1. The lowest BCUT2D eigenvalue weighted by molar-refractivity contribution is -0.163. The summed E-state index contributed by atoms with van der Waals surface area (Å²) in [5, 5.41) is 11.0. The first kappa shape index (κ1) is 13.0. The Kier molecular flexibility index (Phi) is 4.25. The van der Waals surface area contributed by atoms with Crippen molar-refractivity contribution in [1.82, 2.24) is 4.98 Å². The molecule has 0 aliphatic carbocycles. The van der Waals surface area contributed by atoms with Gasteiger partial charge in [-0.1, -0.05) is 24.3 Å². The van der Waals surface area contributed by atoms with Gasteiger partial charge in [0.2, 0.25) is 0 Å². The van der Waals surface area contributed by atoms with Crippen LogP contribution >= 0.6 is 0 Å². The number of hydrogen-bond donors (Lipinski definition) is 1. The number of pyridine rings is 1. The van der Waals surface area contributed by atoms with Crippen molar-refractivity contribution in [2.75, 3.05) is 14.2 Å². The number of hydrogen-bond acceptors (Lipinski definition) is 4. The summed E-state index contributed by atoms with van der Waals surface area (Å²) >= 11 is 0. The van der Waals surface area contributed by atoms with Crippen LogP contribution in [0.25, 0.3) is 10.9 Å². The number of nitrogens with zero attached hydrogens (tertiary/aromatic N) is 1. The highest BCUT2D eigenvalue weighted by Crippen LogP contribution is 2.14. The molecule has 0 spiro atoms. The average molecular weight is 247 g/mol. The van der Waals surface area contributed by atoms with Crippen LogP contribution in [0.5, 0.6) is 0 Å². The van der Waals surface area contributed by atoms with Crippen molar-refractivity contribution in [1.29, 1.82) is 0 Å². The number of para-hydroxylation sites is 1. The smallest absolute Gasteiger partial charge is 0.183 e. The van der Waals surface area contributed by atoms with E-state index in [-0.39, 0.29) is 0 Å². The summed E-state index contributed by atoms with van der Waals surface area (Å²) in [4.78, 5) is 4.50. The predicted molar refractivity (Wildman–Crippen MR) is 69.3 cm³/mol. The van der Waals surface area contributed by atoms with E-state index in [9.17, 15) is 5.11 Å². The topological polar surface area (TPSA) is 51.6 Å². The molecule has 4 nitrogen and oxygen atoms in total.